The van der Waals surface area contributed by atoms with Crippen molar-refractivity contribution >= 4 is 28.8 Å². The van der Waals surface area contributed by atoms with Crippen molar-refractivity contribution in [3.63, 3.8) is 0 Å². The van der Waals surface area contributed by atoms with Gasteiger partial charge in [-0.15, -0.1) is 11.3 Å². The third-order valence-corrected chi connectivity index (χ3v) is 4.80. The molecule has 2 N–H and O–H groups in total. The number of ether oxygens (including phenoxy) is 1. The molecule has 0 spiro atoms. The quantitative estimate of drug-likeness (QED) is 0.801. The molecule has 1 aliphatic heterocycles. The highest BCUT2D eigenvalue weighted by Gasteiger charge is 2.15. The lowest BCUT2D eigenvalue weighted by atomic mass is 9.93. The van der Waals surface area contributed by atoms with E-state index in [0.29, 0.717) is 0 Å². The van der Waals surface area contributed by atoms with Crippen LogP contribution >= 0.6 is 11.3 Å². The van der Waals surface area contributed by atoms with Gasteiger partial charge < -0.3 is 14.9 Å². The monoisotopic (exact) mass is 339 g/mol. The first-order chi connectivity index (χ1) is 11.1. The van der Waals surface area contributed by atoms with Crippen molar-refractivity contribution in [2.24, 2.45) is 0 Å². The summed E-state index contributed by atoms with van der Waals surface area (Å²) in [6.07, 6.45) is 6.30. The number of thiophene rings is 1. The molecule has 0 saturated carbocycles. The molecule has 0 amide bonds. The van der Waals surface area contributed by atoms with Crippen molar-refractivity contribution in [1.82, 2.24) is 4.90 Å². The molecule has 1 aromatic rings. The number of carboxylic acid groups (broad SMARTS) is 2. The van der Waals surface area contributed by atoms with E-state index in [-0.39, 0.29) is 0 Å². The lowest BCUT2D eigenvalue weighted by Crippen LogP contribution is -2.36. The number of aliphatic carboxylic acids is 2. The van der Waals surface area contributed by atoms with E-state index in [0.717, 1.165) is 32.8 Å². The molecule has 0 unspecified atom stereocenters. The van der Waals surface area contributed by atoms with Gasteiger partial charge in [-0.1, -0.05) is 6.08 Å². The summed E-state index contributed by atoms with van der Waals surface area (Å²) < 4.78 is 5.37. The molecule has 23 heavy (non-hydrogen) atoms. The number of aryl methyl sites for hydroxylation is 1. The highest BCUT2D eigenvalue weighted by atomic mass is 32.1. The summed E-state index contributed by atoms with van der Waals surface area (Å²) in [5, 5.41) is 17.0. The van der Waals surface area contributed by atoms with E-state index in [4.69, 9.17) is 24.5 Å². The lowest BCUT2D eigenvalue weighted by molar-refractivity contribution is -0.159. The summed E-state index contributed by atoms with van der Waals surface area (Å²) in [6, 6.07) is 2.30. The first kappa shape index (κ1) is 17.7. The average Bonchev–Trinajstić information content (AvgIpc) is 3.03. The van der Waals surface area contributed by atoms with E-state index in [1.807, 2.05) is 11.3 Å². The van der Waals surface area contributed by atoms with E-state index in [1.165, 1.54) is 24.8 Å². The van der Waals surface area contributed by atoms with Crippen molar-refractivity contribution in [1.29, 1.82) is 0 Å². The molecule has 2 aliphatic rings. The van der Waals surface area contributed by atoms with Crippen LogP contribution in [0.4, 0.5) is 0 Å². The summed E-state index contributed by atoms with van der Waals surface area (Å²) in [6.45, 7) is 5.05. The van der Waals surface area contributed by atoms with Crippen LogP contribution in [0.5, 0.6) is 0 Å². The molecule has 1 fully saturated rings. The second-order valence-corrected chi connectivity index (χ2v) is 6.36. The van der Waals surface area contributed by atoms with Gasteiger partial charge in [-0.2, -0.15) is 0 Å². The van der Waals surface area contributed by atoms with Crippen molar-refractivity contribution in [2.45, 2.75) is 19.3 Å². The van der Waals surface area contributed by atoms with Gasteiger partial charge in [0.05, 0.1) is 13.2 Å². The van der Waals surface area contributed by atoms with Crippen LogP contribution in [0, 0.1) is 0 Å². The molecule has 0 radical (unpaired) electrons. The largest absolute Gasteiger partial charge is 0.473 e. The Balaban J connectivity index is 0.000000277. The molecular weight excluding hydrogens is 318 g/mol. The summed E-state index contributed by atoms with van der Waals surface area (Å²) in [5.41, 5.74) is 3.09. The molecule has 1 aromatic heterocycles. The number of carboxylic acids is 2. The van der Waals surface area contributed by atoms with E-state index >= 15 is 0 Å². The molecule has 126 valence electrons. The fourth-order valence-electron chi connectivity index (χ4n) is 2.63. The number of fused-ring (bicyclic) bond motifs is 1. The van der Waals surface area contributed by atoms with Crippen molar-refractivity contribution in [3.05, 3.63) is 28.0 Å². The van der Waals surface area contributed by atoms with E-state index in [2.05, 4.69) is 22.4 Å². The minimum atomic E-state index is -1.82. The Hall–Kier alpha value is -1.70. The Labute approximate surface area is 139 Å². The van der Waals surface area contributed by atoms with Gasteiger partial charge in [-0.3, -0.25) is 4.90 Å². The normalized spacial score (nSPS) is 19.6. The Bertz CT molecular complexity index is 563. The van der Waals surface area contributed by atoms with Crippen molar-refractivity contribution in [3.8, 4) is 0 Å². The summed E-state index contributed by atoms with van der Waals surface area (Å²) in [4.78, 5) is 22.3. The zero-order valence-corrected chi connectivity index (χ0v) is 13.7. The fourth-order valence-corrected chi connectivity index (χ4v) is 3.59. The highest BCUT2D eigenvalue weighted by molar-refractivity contribution is 7.10. The number of morpholine rings is 1. The van der Waals surface area contributed by atoms with Crippen LogP contribution < -0.4 is 0 Å². The van der Waals surface area contributed by atoms with Crippen LogP contribution in [0.25, 0.3) is 5.57 Å². The molecule has 0 atom stereocenters. The highest BCUT2D eigenvalue weighted by Crippen LogP contribution is 2.33. The molecular formula is C16H21NO5S. The average molecular weight is 339 g/mol. The maximum absolute atomic E-state index is 9.10. The van der Waals surface area contributed by atoms with E-state index in [1.54, 1.807) is 10.5 Å². The molecule has 7 heteroatoms. The van der Waals surface area contributed by atoms with E-state index in [9.17, 15) is 0 Å². The lowest BCUT2D eigenvalue weighted by Gasteiger charge is -2.26. The molecule has 1 aliphatic carbocycles. The van der Waals surface area contributed by atoms with E-state index < -0.39 is 11.9 Å². The standard InChI is InChI=1S/C14H19NOS.C2H2O4/c1-2-12(13-5-11-17-14(13)3-1)4-6-15-7-9-16-10-8-15;3-1(4)2(5)6/h4-5,11H,1-3,6-10H2;(H,3,4)(H,5,6)/b12-4+;. The Morgan fingerprint density at radius 3 is 2.57 bits per heavy atom. The molecule has 0 aromatic carbocycles. The van der Waals surface area contributed by atoms with Gasteiger partial charge in [0, 0.05) is 24.5 Å². The van der Waals surface area contributed by atoms with Crippen LogP contribution in [0.15, 0.2) is 17.5 Å². The van der Waals surface area contributed by atoms with Gasteiger partial charge in [0.2, 0.25) is 0 Å². The zero-order valence-electron chi connectivity index (χ0n) is 12.9. The van der Waals surface area contributed by atoms with Gasteiger partial charge in [-0.25, -0.2) is 9.59 Å². The van der Waals surface area contributed by atoms with Crippen LogP contribution in [0.1, 0.15) is 23.3 Å². The molecule has 2 heterocycles. The first-order valence-electron chi connectivity index (χ1n) is 7.60. The number of rotatable bonds is 2. The van der Waals surface area contributed by atoms with Crippen LogP contribution in [-0.2, 0) is 20.7 Å². The SMILES string of the molecule is C(/CN1CCOCC1)=C1/CCCc2sccc21.O=C(O)C(=O)O. The van der Waals surface area contributed by atoms with Gasteiger partial charge >= 0.3 is 11.9 Å². The summed E-state index contributed by atoms with van der Waals surface area (Å²) in [7, 11) is 0. The van der Waals surface area contributed by atoms with Gasteiger partial charge in [-0.05, 0) is 41.8 Å². The predicted octanol–water partition coefficient (Wildman–Crippen LogP) is 1.96. The Morgan fingerprint density at radius 2 is 1.91 bits per heavy atom. The van der Waals surface area contributed by atoms with Gasteiger partial charge in [0.15, 0.2) is 0 Å². The minimum Gasteiger partial charge on any atom is -0.473 e. The maximum atomic E-state index is 9.10. The second-order valence-electron chi connectivity index (χ2n) is 5.36. The fraction of sp³-hybridized carbons (Fsp3) is 0.500. The van der Waals surface area contributed by atoms with Gasteiger partial charge in [0.25, 0.3) is 0 Å². The number of hydrogen-bond donors (Lipinski definition) is 2. The number of nitrogens with zero attached hydrogens (tertiary/aromatic N) is 1. The van der Waals surface area contributed by atoms with Crippen LogP contribution in [-0.4, -0.2) is 59.9 Å². The third kappa shape index (κ3) is 5.46. The van der Waals surface area contributed by atoms with Crippen molar-refractivity contribution < 1.29 is 24.5 Å². The number of carbonyl (C=O) groups is 2. The Kier molecular flexibility index (Phi) is 6.76. The summed E-state index contributed by atoms with van der Waals surface area (Å²) in [5.74, 6) is -3.65. The molecule has 3 rings (SSSR count). The topological polar surface area (TPSA) is 87.1 Å². The van der Waals surface area contributed by atoms with Gasteiger partial charge in [0.1, 0.15) is 0 Å². The smallest absolute Gasteiger partial charge is 0.414 e. The molecule has 1 saturated heterocycles. The zero-order chi connectivity index (χ0) is 16.7. The van der Waals surface area contributed by atoms with Crippen LogP contribution in [0.2, 0.25) is 0 Å². The minimum absolute atomic E-state index is 0.896. The first-order valence-corrected chi connectivity index (χ1v) is 8.48. The third-order valence-electron chi connectivity index (χ3n) is 3.82. The van der Waals surface area contributed by atoms with Crippen molar-refractivity contribution in [2.75, 3.05) is 32.8 Å². The number of allylic oxidation sites excluding steroid dienone is 1. The Morgan fingerprint density at radius 1 is 1.22 bits per heavy atom. The predicted molar refractivity (Wildman–Crippen MR) is 87.8 cm³/mol. The molecule has 6 nitrogen and oxygen atoms in total. The maximum Gasteiger partial charge on any atom is 0.414 e. The van der Waals surface area contributed by atoms with Crippen LogP contribution in [0.3, 0.4) is 0 Å². The summed E-state index contributed by atoms with van der Waals surface area (Å²) >= 11 is 1.92. The number of hydrogen-bond acceptors (Lipinski definition) is 5. The molecule has 0 bridgehead atoms. The second kappa shape index (κ2) is 8.81.